The van der Waals surface area contributed by atoms with Crippen molar-refractivity contribution in [2.45, 2.75) is 25.7 Å². The molecule has 0 radical (unpaired) electrons. The summed E-state index contributed by atoms with van der Waals surface area (Å²) in [6.45, 7) is 3.23. The number of hydrogen-bond acceptors (Lipinski definition) is 6. The Kier molecular flexibility index (Phi) is 7.26. The lowest BCUT2D eigenvalue weighted by molar-refractivity contribution is -0.123. The maximum atomic E-state index is 12.4. The van der Waals surface area contributed by atoms with E-state index in [4.69, 9.17) is 21.1 Å². The highest BCUT2D eigenvalue weighted by atomic mass is 35.5. The molecule has 7 nitrogen and oxygen atoms in total. The monoisotopic (exact) mass is 439 g/mol. The minimum atomic E-state index is -3.17. The molecule has 0 heterocycles. The Morgan fingerprint density at radius 3 is 2.34 bits per heavy atom. The van der Waals surface area contributed by atoms with E-state index < -0.39 is 27.8 Å². The van der Waals surface area contributed by atoms with Gasteiger partial charge < -0.3 is 14.8 Å². The van der Waals surface area contributed by atoms with Gasteiger partial charge in [-0.3, -0.25) is 4.79 Å². The Hall–Kier alpha value is -2.58. The standard InChI is InChI=1S/C20H22ClNO6S/c1-12-9-17(18(27-3)10-16(12)21)22-19(23)13(2)28-20(24)15-7-5-14(6-8-15)11-29(4,25)26/h5-10,13H,11H2,1-4H3,(H,22,23). The first-order chi connectivity index (χ1) is 13.5. The summed E-state index contributed by atoms with van der Waals surface area (Å²) in [6, 6.07) is 9.22. The van der Waals surface area contributed by atoms with Crippen LogP contribution in [-0.4, -0.2) is 39.8 Å². The van der Waals surface area contributed by atoms with Crippen LogP contribution in [0.15, 0.2) is 36.4 Å². The van der Waals surface area contributed by atoms with E-state index in [9.17, 15) is 18.0 Å². The Morgan fingerprint density at radius 2 is 1.79 bits per heavy atom. The number of methoxy groups -OCH3 is 1. The molecule has 2 rings (SSSR count). The lowest BCUT2D eigenvalue weighted by atomic mass is 10.1. The number of anilines is 1. The van der Waals surface area contributed by atoms with Gasteiger partial charge in [0.2, 0.25) is 0 Å². The topological polar surface area (TPSA) is 98.8 Å². The minimum Gasteiger partial charge on any atom is -0.495 e. The molecule has 1 atom stereocenters. The van der Waals surface area contributed by atoms with E-state index in [0.29, 0.717) is 22.0 Å². The molecule has 0 bridgehead atoms. The fourth-order valence-corrected chi connectivity index (χ4v) is 3.44. The van der Waals surface area contributed by atoms with Gasteiger partial charge in [0.05, 0.1) is 24.1 Å². The first kappa shape index (κ1) is 22.7. The van der Waals surface area contributed by atoms with E-state index >= 15 is 0 Å². The molecule has 0 fully saturated rings. The third-order valence-corrected chi connectivity index (χ3v) is 5.28. The van der Waals surface area contributed by atoms with Crippen LogP contribution in [0.4, 0.5) is 5.69 Å². The summed E-state index contributed by atoms with van der Waals surface area (Å²) in [4.78, 5) is 24.7. The fourth-order valence-electron chi connectivity index (χ4n) is 2.49. The highest BCUT2D eigenvalue weighted by molar-refractivity contribution is 7.89. The third kappa shape index (κ3) is 6.47. The Bertz CT molecular complexity index is 1020. The number of esters is 1. The number of carbonyl (C=O) groups excluding carboxylic acids is 2. The first-order valence-electron chi connectivity index (χ1n) is 8.63. The van der Waals surface area contributed by atoms with Gasteiger partial charge in [0, 0.05) is 17.3 Å². The van der Waals surface area contributed by atoms with Crippen LogP contribution in [0.2, 0.25) is 5.02 Å². The Morgan fingerprint density at radius 1 is 1.17 bits per heavy atom. The van der Waals surface area contributed by atoms with Gasteiger partial charge in [0.15, 0.2) is 15.9 Å². The van der Waals surface area contributed by atoms with E-state index in [0.717, 1.165) is 11.8 Å². The molecule has 156 valence electrons. The van der Waals surface area contributed by atoms with Crippen molar-refractivity contribution in [2.75, 3.05) is 18.7 Å². The highest BCUT2D eigenvalue weighted by Gasteiger charge is 2.21. The summed E-state index contributed by atoms with van der Waals surface area (Å²) < 4.78 is 33.1. The molecule has 2 aromatic rings. The maximum Gasteiger partial charge on any atom is 0.338 e. The van der Waals surface area contributed by atoms with Gasteiger partial charge in [-0.15, -0.1) is 0 Å². The van der Waals surface area contributed by atoms with Crippen molar-refractivity contribution in [2.24, 2.45) is 0 Å². The predicted molar refractivity (Wildman–Crippen MR) is 111 cm³/mol. The molecule has 0 spiro atoms. The summed E-state index contributed by atoms with van der Waals surface area (Å²) in [5.41, 5.74) is 1.93. The van der Waals surface area contributed by atoms with Gasteiger partial charge in [0.1, 0.15) is 5.75 Å². The first-order valence-corrected chi connectivity index (χ1v) is 11.1. The largest absolute Gasteiger partial charge is 0.495 e. The van der Waals surface area contributed by atoms with Crippen molar-refractivity contribution in [3.63, 3.8) is 0 Å². The van der Waals surface area contributed by atoms with E-state index in [1.165, 1.54) is 38.3 Å². The lowest BCUT2D eigenvalue weighted by Gasteiger charge is -2.16. The zero-order valence-corrected chi connectivity index (χ0v) is 18.1. The summed E-state index contributed by atoms with van der Waals surface area (Å²) >= 11 is 6.05. The summed E-state index contributed by atoms with van der Waals surface area (Å²) in [6.07, 6.45) is 0.0611. The van der Waals surface area contributed by atoms with Gasteiger partial charge in [-0.2, -0.15) is 0 Å². The number of sulfone groups is 1. The minimum absolute atomic E-state index is 0.122. The maximum absolute atomic E-state index is 12.4. The average molecular weight is 440 g/mol. The highest BCUT2D eigenvalue weighted by Crippen LogP contribution is 2.31. The fraction of sp³-hybridized carbons (Fsp3) is 0.300. The quantitative estimate of drug-likeness (QED) is 0.664. The number of halogens is 1. The molecule has 0 aliphatic heterocycles. The molecule has 0 saturated carbocycles. The Labute approximate surface area is 174 Å². The van der Waals surface area contributed by atoms with Gasteiger partial charge in [-0.25, -0.2) is 13.2 Å². The molecule has 0 aromatic heterocycles. The van der Waals surface area contributed by atoms with E-state index in [2.05, 4.69) is 5.32 Å². The van der Waals surface area contributed by atoms with Gasteiger partial charge in [-0.05, 0) is 43.2 Å². The average Bonchev–Trinajstić information content (AvgIpc) is 2.63. The number of hydrogen-bond donors (Lipinski definition) is 1. The summed E-state index contributed by atoms with van der Waals surface area (Å²) in [5.74, 6) is -0.970. The van der Waals surface area contributed by atoms with Crippen LogP contribution in [0.1, 0.15) is 28.4 Å². The van der Waals surface area contributed by atoms with E-state index in [1.54, 1.807) is 19.1 Å². The number of nitrogens with one attached hydrogen (secondary N) is 1. The molecular weight excluding hydrogens is 418 g/mol. The van der Waals surface area contributed by atoms with Crippen molar-refractivity contribution < 1.29 is 27.5 Å². The van der Waals surface area contributed by atoms with E-state index in [1.807, 2.05) is 0 Å². The number of amides is 1. The van der Waals surface area contributed by atoms with Gasteiger partial charge in [0.25, 0.3) is 5.91 Å². The number of aryl methyl sites for hydroxylation is 1. The SMILES string of the molecule is COc1cc(Cl)c(C)cc1NC(=O)C(C)OC(=O)c1ccc(CS(C)(=O)=O)cc1. The van der Waals surface area contributed by atoms with Crippen LogP contribution in [-0.2, 0) is 25.1 Å². The molecule has 29 heavy (non-hydrogen) atoms. The Balaban J connectivity index is 2.04. The van der Waals surface area contributed by atoms with Crippen LogP contribution in [0.5, 0.6) is 5.75 Å². The van der Waals surface area contributed by atoms with Crippen molar-refractivity contribution in [3.05, 3.63) is 58.1 Å². The van der Waals surface area contributed by atoms with Crippen molar-refractivity contribution in [1.29, 1.82) is 0 Å². The van der Waals surface area contributed by atoms with Gasteiger partial charge >= 0.3 is 5.97 Å². The number of carbonyl (C=O) groups is 2. The predicted octanol–water partition coefficient (Wildman–Crippen LogP) is 3.39. The summed E-state index contributed by atoms with van der Waals surface area (Å²) in [7, 11) is -1.72. The molecule has 1 N–H and O–H groups in total. The molecule has 1 amide bonds. The number of rotatable bonds is 7. The molecule has 0 aliphatic rings. The zero-order valence-electron chi connectivity index (χ0n) is 16.5. The number of ether oxygens (including phenoxy) is 2. The van der Waals surface area contributed by atoms with Crippen molar-refractivity contribution in [3.8, 4) is 5.75 Å². The molecule has 1 unspecified atom stereocenters. The third-order valence-electron chi connectivity index (χ3n) is 4.01. The van der Waals surface area contributed by atoms with Crippen LogP contribution in [0.3, 0.4) is 0 Å². The molecule has 2 aromatic carbocycles. The van der Waals surface area contributed by atoms with Crippen LogP contribution >= 0.6 is 11.6 Å². The molecule has 0 aliphatic carbocycles. The smallest absolute Gasteiger partial charge is 0.338 e. The normalized spacial score (nSPS) is 12.2. The van der Waals surface area contributed by atoms with Crippen molar-refractivity contribution in [1.82, 2.24) is 0 Å². The second kappa shape index (κ2) is 9.28. The van der Waals surface area contributed by atoms with Crippen LogP contribution in [0.25, 0.3) is 0 Å². The van der Waals surface area contributed by atoms with Gasteiger partial charge in [-0.1, -0.05) is 23.7 Å². The molecular formula is C20H22ClNO6S. The second-order valence-corrected chi connectivity index (χ2v) is 9.15. The van der Waals surface area contributed by atoms with Crippen molar-refractivity contribution >= 4 is 39.0 Å². The molecule has 0 saturated heterocycles. The molecule has 9 heteroatoms. The summed E-state index contributed by atoms with van der Waals surface area (Å²) in [5, 5.41) is 3.15. The lowest BCUT2D eigenvalue weighted by Crippen LogP contribution is -2.30. The second-order valence-electron chi connectivity index (χ2n) is 6.61. The zero-order chi connectivity index (χ0) is 21.8. The van der Waals surface area contributed by atoms with E-state index in [-0.39, 0.29) is 11.3 Å². The number of benzene rings is 2. The van der Waals surface area contributed by atoms with Crippen LogP contribution < -0.4 is 10.1 Å². The van der Waals surface area contributed by atoms with Crippen LogP contribution in [0, 0.1) is 6.92 Å².